The van der Waals surface area contributed by atoms with Crippen molar-refractivity contribution in [1.29, 1.82) is 0 Å². The first kappa shape index (κ1) is 13.7. The molecule has 4 N–H and O–H groups in total. The maximum absolute atomic E-state index is 12.2. The molecule has 1 fully saturated rings. The number of benzene rings is 1. The number of nitrogens with zero attached hydrogens (tertiary/aromatic N) is 1. The summed E-state index contributed by atoms with van der Waals surface area (Å²) >= 11 is 5.82. The van der Waals surface area contributed by atoms with Crippen molar-refractivity contribution in [3.63, 3.8) is 0 Å². The minimum atomic E-state index is -0.824. The van der Waals surface area contributed by atoms with Crippen molar-refractivity contribution in [2.75, 3.05) is 0 Å². The largest absolute Gasteiger partial charge is 0.409 e. The van der Waals surface area contributed by atoms with Gasteiger partial charge in [-0.05, 0) is 37.5 Å². The highest BCUT2D eigenvalue weighted by atomic mass is 35.5. The van der Waals surface area contributed by atoms with Crippen LogP contribution in [0.15, 0.2) is 29.4 Å². The molecule has 1 unspecified atom stereocenters. The summed E-state index contributed by atoms with van der Waals surface area (Å²) in [5.41, 5.74) is 5.70. The van der Waals surface area contributed by atoms with E-state index in [9.17, 15) is 4.79 Å². The molecule has 1 saturated carbocycles. The van der Waals surface area contributed by atoms with E-state index in [-0.39, 0.29) is 17.8 Å². The van der Waals surface area contributed by atoms with Gasteiger partial charge in [-0.2, -0.15) is 0 Å². The zero-order valence-electron chi connectivity index (χ0n) is 10.6. The van der Waals surface area contributed by atoms with Gasteiger partial charge in [0.2, 0.25) is 5.91 Å². The zero-order chi connectivity index (χ0) is 14.0. The van der Waals surface area contributed by atoms with Crippen molar-refractivity contribution in [3.05, 3.63) is 34.9 Å². The van der Waals surface area contributed by atoms with Crippen LogP contribution in [0.4, 0.5) is 0 Å². The van der Waals surface area contributed by atoms with Crippen LogP contribution in [-0.2, 0) is 4.79 Å². The number of hydrogen-bond donors (Lipinski definition) is 3. The van der Waals surface area contributed by atoms with E-state index in [1.165, 1.54) is 0 Å². The molecule has 102 valence electrons. The number of carbonyl (C=O) groups is 1. The lowest BCUT2D eigenvalue weighted by Crippen LogP contribution is -2.41. The van der Waals surface area contributed by atoms with Gasteiger partial charge in [-0.1, -0.05) is 28.9 Å². The molecule has 1 aliphatic carbocycles. The highest BCUT2D eigenvalue weighted by Crippen LogP contribution is 2.46. The van der Waals surface area contributed by atoms with E-state index >= 15 is 0 Å². The predicted molar refractivity (Wildman–Crippen MR) is 73.1 cm³/mol. The first-order valence-electron chi connectivity index (χ1n) is 6.04. The number of carbonyl (C=O) groups excluding carboxylic acids is 1. The van der Waals surface area contributed by atoms with Crippen LogP contribution >= 0.6 is 11.6 Å². The average Bonchev–Trinajstić information content (AvgIpc) is 3.20. The van der Waals surface area contributed by atoms with E-state index in [2.05, 4.69) is 10.5 Å². The molecule has 0 bridgehead atoms. The molecule has 0 saturated heterocycles. The van der Waals surface area contributed by atoms with E-state index < -0.39 is 5.41 Å². The summed E-state index contributed by atoms with van der Waals surface area (Å²) in [4.78, 5) is 12.2. The fourth-order valence-electron chi connectivity index (χ4n) is 1.99. The number of nitrogens with two attached hydrogens (primary N) is 1. The molecule has 1 aromatic carbocycles. The van der Waals surface area contributed by atoms with Crippen molar-refractivity contribution >= 4 is 23.3 Å². The van der Waals surface area contributed by atoms with Gasteiger partial charge in [0.15, 0.2) is 5.84 Å². The molecule has 0 spiro atoms. The highest BCUT2D eigenvalue weighted by Gasteiger charge is 2.54. The lowest BCUT2D eigenvalue weighted by atomic mass is 10.0. The van der Waals surface area contributed by atoms with E-state index in [0.29, 0.717) is 17.9 Å². The second-order valence-corrected chi connectivity index (χ2v) is 5.25. The molecule has 1 aromatic rings. The Morgan fingerprint density at radius 2 is 2.05 bits per heavy atom. The van der Waals surface area contributed by atoms with Crippen molar-refractivity contribution < 1.29 is 10.0 Å². The fourth-order valence-corrected chi connectivity index (χ4v) is 2.12. The number of nitrogens with one attached hydrogen (secondary N) is 1. The van der Waals surface area contributed by atoms with Crippen molar-refractivity contribution in [2.45, 2.75) is 25.8 Å². The van der Waals surface area contributed by atoms with Gasteiger partial charge in [-0.15, -0.1) is 0 Å². The molecule has 1 amide bonds. The quantitative estimate of drug-likeness (QED) is 0.342. The number of hydrogen-bond acceptors (Lipinski definition) is 3. The lowest BCUT2D eigenvalue weighted by Gasteiger charge is -2.19. The summed E-state index contributed by atoms with van der Waals surface area (Å²) in [5.74, 6) is -0.224. The number of rotatable bonds is 4. The number of oxime groups is 1. The number of amidine groups is 1. The first-order valence-corrected chi connectivity index (χ1v) is 6.42. The predicted octanol–water partition coefficient (Wildman–Crippen LogP) is 2.04. The first-order chi connectivity index (χ1) is 8.99. The standard InChI is InChI=1S/C13H16ClN3O2/c1-8(9-2-4-10(14)5-3-9)16-12(18)13(6-7-13)11(15)17-19/h2-5,8,19H,6-7H2,1H3,(H2,15,17)(H,16,18). The third-order valence-electron chi connectivity index (χ3n) is 3.50. The third-order valence-corrected chi connectivity index (χ3v) is 3.75. The molecule has 19 heavy (non-hydrogen) atoms. The van der Waals surface area contributed by atoms with Gasteiger partial charge in [0.1, 0.15) is 5.41 Å². The molecule has 5 nitrogen and oxygen atoms in total. The normalized spacial score (nSPS) is 18.7. The highest BCUT2D eigenvalue weighted by molar-refractivity contribution is 6.30. The number of halogens is 1. The van der Waals surface area contributed by atoms with Crippen LogP contribution in [0.3, 0.4) is 0 Å². The van der Waals surface area contributed by atoms with Crippen LogP contribution in [0.2, 0.25) is 5.02 Å². The van der Waals surface area contributed by atoms with Crippen LogP contribution in [0.5, 0.6) is 0 Å². The molecular formula is C13H16ClN3O2. The molecule has 0 radical (unpaired) electrons. The Labute approximate surface area is 116 Å². The zero-order valence-corrected chi connectivity index (χ0v) is 11.3. The van der Waals surface area contributed by atoms with E-state index in [0.717, 1.165) is 5.56 Å². The minimum absolute atomic E-state index is 0.0201. The third kappa shape index (κ3) is 2.66. The summed E-state index contributed by atoms with van der Waals surface area (Å²) in [6.07, 6.45) is 1.23. The average molecular weight is 282 g/mol. The summed E-state index contributed by atoms with van der Waals surface area (Å²) < 4.78 is 0. The molecular weight excluding hydrogens is 266 g/mol. The molecule has 1 aliphatic rings. The fraction of sp³-hybridized carbons (Fsp3) is 0.385. The van der Waals surface area contributed by atoms with Crippen molar-refractivity contribution in [3.8, 4) is 0 Å². The maximum atomic E-state index is 12.2. The Bertz CT molecular complexity index is 509. The Balaban J connectivity index is 2.05. The molecule has 6 heteroatoms. The molecule has 0 aliphatic heterocycles. The van der Waals surface area contributed by atoms with E-state index in [1.807, 2.05) is 19.1 Å². The SMILES string of the molecule is CC(NC(=O)C1(/C(N)=N/O)CC1)c1ccc(Cl)cc1. The second kappa shape index (κ2) is 5.09. The summed E-state index contributed by atoms with van der Waals surface area (Å²) in [6, 6.07) is 7.10. The van der Waals surface area contributed by atoms with Crippen molar-refractivity contribution in [2.24, 2.45) is 16.3 Å². The van der Waals surface area contributed by atoms with Crippen LogP contribution in [0.1, 0.15) is 31.4 Å². The lowest BCUT2D eigenvalue weighted by molar-refractivity contribution is -0.124. The van der Waals surface area contributed by atoms with E-state index in [4.69, 9.17) is 22.5 Å². The van der Waals surface area contributed by atoms with Gasteiger partial charge in [0.25, 0.3) is 0 Å². The summed E-state index contributed by atoms with van der Waals surface area (Å²) in [5, 5.41) is 15.2. The molecule has 0 aromatic heterocycles. The smallest absolute Gasteiger partial charge is 0.234 e. The van der Waals surface area contributed by atoms with Crippen LogP contribution in [-0.4, -0.2) is 17.0 Å². The van der Waals surface area contributed by atoms with Gasteiger partial charge in [-0.25, -0.2) is 0 Å². The van der Waals surface area contributed by atoms with Crippen LogP contribution in [0.25, 0.3) is 0 Å². The molecule has 2 rings (SSSR count). The van der Waals surface area contributed by atoms with Gasteiger partial charge >= 0.3 is 0 Å². The second-order valence-electron chi connectivity index (χ2n) is 4.81. The van der Waals surface area contributed by atoms with Crippen molar-refractivity contribution in [1.82, 2.24) is 5.32 Å². The topological polar surface area (TPSA) is 87.7 Å². The van der Waals surface area contributed by atoms with Gasteiger partial charge in [0.05, 0.1) is 6.04 Å². The Morgan fingerprint density at radius 1 is 1.47 bits per heavy atom. The van der Waals surface area contributed by atoms with Crippen LogP contribution < -0.4 is 11.1 Å². The number of amides is 1. The van der Waals surface area contributed by atoms with Gasteiger partial charge < -0.3 is 16.3 Å². The minimum Gasteiger partial charge on any atom is -0.409 e. The van der Waals surface area contributed by atoms with E-state index in [1.54, 1.807) is 12.1 Å². The Morgan fingerprint density at radius 3 is 2.53 bits per heavy atom. The van der Waals surface area contributed by atoms with Gasteiger partial charge in [0, 0.05) is 5.02 Å². The monoisotopic (exact) mass is 281 g/mol. The Kier molecular flexibility index (Phi) is 3.66. The summed E-state index contributed by atoms with van der Waals surface area (Å²) in [7, 11) is 0. The van der Waals surface area contributed by atoms with Gasteiger partial charge in [-0.3, -0.25) is 4.79 Å². The molecule has 0 heterocycles. The Hall–Kier alpha value is -1.75. The van der Waals surface area contributed by atoms with Crippen LogP contribution in [0, 0.1) is 5.41 Å². The molecule has 1 atom stereocenters. The maximum Gasteiger partial charge on any atom is 0.234 e. The summed E-state index contributed by atoms with van der Waals surface area (Å²) in [6.45, 7) is 1.88.